The molecule has 7 heteroatoms. The average molecular weight is 378 g/mol. The molecule has 1 aromatic carbocycles. The van der Waals surface area contributed by atoms with Crippen molar-refractivity contribution in [2.45, 2.75) is 26.8 Å². The number of amides is 1. The lowest BCUT2D eigenvalue weighted by atomic mass is 10.1. The topological polar surface area (TPSA) is 77.7 Å². The van der Waals surface area contributed by atoms with Crippen molar-refractivity contribution < 1.29 is 14.3 Å². The van der Waals surface area contributed by atoms with Crippen LogP contribution in [-0.2, 0) is 13.0 Å². The van der Waals surface area contributed by atoms with Gasteiger partial charge in [0.1, 0.15) is 10.7 Å². The number of aromatic nitrogens is 1. The van der Waals surface area contributed by atoms with E-state index in [1.807, 2.05) is 23.1 Å². The lowest BCUT2D eigenvalue weighted by Crippen LogP contribution is -2.36. The number of hydrogen-bond acceptors (Lipinski definition) is 6. The van der Waals surface area contributed by atoms with Gasteiger partial charge >= 0.3 is 0 Å². The first-order valence-corrected chi connectivity index (χ1v) is 9.51. The van der Waals surface area contributed by atoms with E-state index in [-0.39, 0.29) is 5.91 Å². The molecular formula is C19H27N3O3S. The third-order valence-corrected chi connectivity index (χ3v) is 4.81. The maximum absolute atomic E-state index is 12.8. The summed E-state index contributed by atoms with van der Waals surface area (Å²) in [6.07, 6.45) is 0.729. The lowest BCUT2D eigenvalue weighted by Gasteiger charge is -2.24. The highest BCUT2D eigenvalue weighted by Crippen LogP contribution is 2.27. The minimum absolute atomic E-state index is 0.0462. The number of carbonyl (C=O) groups is 1. The number of rotatable bonds is 9. The van der Waals surface area contributed by atoms with E-state index in [9.17, 15) is 4.79 Å². The van der Waals surface area contributed by atoms with Crippen molar-refractivity contribution in [1.29, 1.82) is 0 Å². The maximum Gasteiger partial charge on any atom is 0.273 e. The largest absolute Gasteiger partial charge is 0.493 e. The van der Waals surface area contributed by atoms with Gasteiger partial charge in [-0.05, 0) is 30.0 Å². The van der Waals surface area contributed by atoms with Gasteiger partial charge in [0.05, 0.1) is 14.2 Å². The van der Waals surface area contributed by atoms with Crippen LogP contribution in [0, 0.1) is 5.92 Å². The summed E-state index contributed by atoms with van der Waals surface area (Å²) in [5.74, 6) is 1.72. The Kier molecular flexibility index (Phi) is 7.41. The van der Waals surface area contributed by atoms with Crippen molar-refractivity contribution in [3.8, 4) is 11.5 Å². The Labute approximate surface area is 158 Å². The lowest BCUT2D eigenvalue weighted by molar-refractivity contribution is 0.0733. The van der Waals surface area contributed by atoms with Gasteiger partial charge in [0.25, 0.3) is 5.91 Å². The van der Waals surface area contributed by atoms with Gasteiger partial charge in [-0.2, -0.15) is 0 Å². The fourth-order valence-corrected chi connectivity index (χ4v) is 3.33. The third kappa shape index (κ3) is 5.19. The predicted octanol–water partition coefficient (Wildman–Crippen LogP) is 2.96. The molecule has 0 bridgehead atoms. The van der Waals surface area contributed by atoms with E-state index in [0.29, 0.717) is 42.7 Å². The van der Waals surface area contributed by atoms with E-state index < -0.39 is 0 Å². The number of methoxy groups -OCH3 is 2. The second-order valence-electron chi connectivity index (χ2n) is 6.41. The second kappa shape index (κ2) is 9.54. The minimum atomic E-state index is -0.0462. The Morgan fingerprint density at radius 2 is 2.00 bits per heavy atom. The fraction of sp³-hybridized carbons (Fsp3) is 0.474. The van der Waals surface area contributed by atoms with Crippen LogP contribution in [0.5, 0.6) is 11.5 Å². The molecule has 6 nitrogen and oxygen atoms in total. The zero-order valence-electron chi connectivity index (χ0n) is 15.8. The monoisotopic (exact) mass is 377 g/mol. The molecule has 0 saturated carbocycles. The number of hydrogen-bond donors (Lipinski definition) is 1. The number of benzene rings is 1. The van der Waals surface area contributed by atoms with Gasteiger partial charge in [0.2, 0.25) is 0 Å². The van der Waals surface area contributed by atoms with E-state index in [0.717, 1.165) is 17.0 Å². The van der Waals surface area contributed by atoms with Gasteiger partial charge in [-0.15, -0.1) is 11.3 Å². The molecule has 1 amide bonds. The van der Waals surface area contributed by atoms with Crippen molar-refractivity contribution in [2.75, 3.05) is 27.3 Å². The first-order chi connectivity index (χ1) is 12.5. The van der Waals surface area contributed by atoms with Crippen LogP contribution in [0.2, 0.25) is 0 Å². The second-order valence-corrected chi connectivity index (χ2v) is 7.36. The van der Waals surface area contributed by atoms with Gasteiger partial charge in [-0.3, -0.25) is 4.79 Å². The number of nitrogens with two attached hydrogens (primary N) is 1. The van der Waals surface area contributed by atoms with E-state index in [1.165, 1.54) is 11.3 Å². The minimum Gasteiger partial charge on any atom is -0.493 e. The summed E-state index contributed by atoms with van der Waals surface area (Å²) >= 11 is 1.42. The van der Waals surface area contributed by atoms with Crippen LogP contribution in [0.3, 0.4) is 0 Å². The summed E-state index contributed by atoms with van der Waals surface area (Å²) in [5.41, 5.74) is 7.17. The maximum atomic E-state index is 12.8. The summed E-state index contributed by atoms with van der Waals surface area (Å²) in [7, 11) is 3.23. The van der Waals surface area contributed by atoms with Gasteiger partial charge in [-0.25, -0.2) is 4.98 Å². The van der Waals surface area contributed by atoms with Crippen LogP contribution in [0.15, 0.2) is 23.6 Å². The Hall–Kier alpha value is -2.12. The van der Waals surface area contributed by atoms with Gasteiger partial charge in [0, 0.05) is 25.0 Å². The molecule has 26 heavy (non-hydrogen) atoms. The van der Waals surface area contributed by atoms with Crippen molar-refractivity contribution in [1.82, 2.24) is 9.88 Å². The molecule has 0 fully saturated rings. The SMILES string of the molecule is COc1ccc(CCN(CC(C)C)C(=O)c2csc(CN)n2)cc1OC. The molecule has 2 aromatic rings. The van der Waals surface area contributed by atoms with Crippen LogP contribution in [0.1, 0.15) is 34.9 Å². The van der Waals surface area contributed by atoms with E-state index in [4.69, 9.17) is 15.2 Å². The molecule has 2 N–H and O–H groups in total. The van der Waals surface area contributed by atoms with Crippen LogP contribution >= 0.6 is 11.3 Å². The van der Waals surface area contributed by atoms with E-state index >= 15 is 0 Å². The molecular weight excluding hydrogens is 350 g/mol. The van der Waals surface area contributed by atoms with Gasteiger partial charge in [-0.1, -0.05) is 19.9 Å². The molecule has 1 aromatic heterocycles. The molecule has 2 rings (SSSR count). The van der Waals surface area contributed by atoms with Crippen LogP contribution in [0.4, 0.5) is 0 Å². The summed E-state index contributed by atoms with van der Waals surface area (Å²) in [5, 5.41) is 2.56. The van der Waals surface area contributed by atoms with E-state index in [1.54, 1.807) is 19.6 Å². The Bertz CT molecular complexity index is 731. The summed E-state index contributed by atoms with van der Waals surface area (Å²) in [4.78, 5) is 19.0. The van der Waals surface area contributed by atoms with Crippen LogP contribution in [0.25, 0.3) is 0 Å². The molecule has 0 spiro atoms. The molecule has 0 radical (unpaired) electrons. The Morgan fingerprint density at radius 3 is 2.58 bits per heavy atom. The molecule has 0 saturated heterocycles. The Morgan fingerprint density at radius 1 is 1.27 bits per heavy atom. The number of thiazole rings is 1. The zero-order chi connectivity index (χ0) is 19.1. The number of ether oxygens (including phenoxy) is 2. The quantitative estimate of drug-likeness (QED) is 0.727. The molecule has 0 aliphatic carbocycles. The fourth-order valence-electron chi connectivity index (χ4n) is 2.68. The van der Waals surface area contributed by atoms with Gasteiger partial charge < -0.3 is 20.1 Å². The van der Waals surface area contributed by atoms with E-state index in [2.05, 4.69) is 18.8 Å². The first kappa shape index (κ1) is 20.2. The van der Waals surface area contributed by atoms with Crippen molar-refractivity contribution in [3.63, 3.8) is 0 Å². The molecule has 142 valence electrons. The highest BCUT2D eigenvalue weighted by molar-refractivity contribution is 7.09. The highest BCUT2D eigenvalue weighted by atomic mass is 32.1. The van der Waals surface area contributed by atoms with Crippen molar-refractivity contribution >= 4 is 17.2 Å². The Balaban J connectivity index is 2.11. The van der Waals surface area contributed by atoms with Crippen molar-refractivity contribution in [2.24, 2.45) is 11.7 Å². The molecule has 0 aliphatic rings. The molecule has 0 unspecified atom stereocenters. The summed E-state index contributed by atoms with van der Waals surface area (Å²) < 4.78 is 10.6. The summed E-state index contributed by atoms with van der Waals surface area (Å²) in [6, 6.07) is 5.83. The zero-order valence-corrected chi connectivity index (χ0v) is 16.6. The third-order valence-electron chi connectivity index (χ3n) is 3.94. The molecule has 0 aliphatic heterocycles. The number of carbonyl (C=O) groups excluding carboxylic acids is 1. The van der Waals surface area contributed by atoms with Crippen LogP contribution < -0.4 is 15.2 Å². The molecule has 0 atom stereocenters. The predicted molar refractivity (Wildman–Crippen MR) is 104 cm³/mol. The first-order valence-electron chi connectivity index (χ1n) is 8.63. The van der Waals surface area contributed by atoms with Gasteiger partial charge in [0.15, 0.2) is 11.5 Å². The standard InChI is InChI=1S/C19H27N3O3S/c1-13(2)11-22(19(23)15-12-26-18(10-20)21-15)8-7-14-5-6-16(24-3)17(9-14)25-4/h5-6,9,12-13H,7-8,10-11,20H2,1-4H3. The van der Waals surface area contributed by atoms with Crippen LogP contribution in [-0.4, -0.2) is 43.1 Å². The molecule has 1 heterocycles. The smallest absolute Gasteiger partial charge is 0.273 e. The average Bonchev–Trinajstić information content (AvgIpc) is 3.13. The highest BCUT2D eigenvalue weighted by Gasteiger charge is 2.19. The normalized spacial score (nSPS) is 10.8. The van der Waals surface area contributed by atoms with Crippen molar-refractivity contribution in [3.05, 3.63) is 39.8 Å². The summed E-state index contributed by atoms with van der Waals surface area (Å²) in [6.45, 7) is 5.85. The number of nitrogens with zero attached hydrogens (tertiary/aromatic N) is 2.